The molecule has 0 aliphatic rings. The fraction of sp³-hybridized carbons (Fsp3) is 0.462. The van der Waals surface area contributed by atoms with Gasteiger partial charge in [0.05, 0.1) is 36.0 Å². The van der Waals surface area contributed by atoms with E-state index >= 15 is 0 Å². The second-order valence-electron chi connectivity index (χ2n) is 4.93. The highest BCUT2D eigenvalue weighted by molar-refractivity contribution is 6.03. The maximum atomic E-state index is 11.4. The number of aromatic nitrogens is 3. The smallest absolute Gasteiger partial charge is 0.339 e. The van der Waals surface area contributed by atoms with Crippen LogP contribution in [0.1, 0.15) is 23.7 Å². The van der Waals surface area contributed by atoms with Crippen LogP contribution >= 0.6 is 0 Å². The molecule has 0 unspecified atom stereocenters. The van der Waals surface area contributed by atoms with Crippen LogP contribution in [0.4, 0.5) is 5.69 Å². The number of pyridine rings is 1. The van der Waals surface area contributed by atoms with Gasteiger partial charge in [-0.3, -0.25) is 4.68 Å². The summed E-state index contributed by atoms with van der Waals surface area (Å²) >= 11 is 0. The number of nitrogens with zero attached hydrogens (tertiary/aromatic N) is 3. The van der Waals surface area contributed by atoms with Gasteiger partial charge in [-0.2, -0.15) is 5.10 Å². The lowest BCUT2D eigenvalue weighted by atomic mass is 9.97. The van der Waals surface area contributed by atoms with Gasteiger partial charge in [0.2, 0.25) is 0 Å². The Morgan fingerprint density at radius 1 is 1.38 bits per heavy atom. The van der Waals surface area contributed by atoms with E-state index < -0.39 is 11.5 Å². The SMILES string of the molecule is CCC(CO)(CO)Nc1c(C(=O)O)cnc2c1cnn2C. The molecule has 2 rings (SSSR count). The average molecular weight is 294 g/mol. The molecule has 114 valence electrons. The van der Waals surface area contributed by atoms with Crippen LogP contribution in [0.25, 0.3) is 11.0 Å². The molecule has 0 radical (unpaired) electrons. The van der Waals surface area contributed by atoms with Crippen molar-refractivity contribution < 1.29 is 20.1 Å². The van der Waals surface area contributed by atoms with Crippen molar-refractivity contribution in [2.75, 3.05) is 18.5 Å². The molecule has 0 aliphatic heterocycles. The van der Waals surface area contributed by atoms with Crippen LogP contribution in [0.2, 0.25) is 0 Å². The van der Waals surface area contributed by atoms with Crippen LogP contribution in [0, 0.1) is 0 Å². The predicted octanol–water partition coefficient (Wildman–Crippen LogP) is 0.212. The summed E-state index contributed by atoms with van der Waals surface area (Å²) < 4.78 is 1.53. The third-order valence-electron chi connectivity index (χ3n) is 3.66. The van der Waals surface area contributed by atoms with Crippen molar-refractivity contribution in [3.05, 3.63) is 18.0 Å². The largest absolute Gasteiger partial charge is 0.478 e. The average Bonchev–Trinajstić information content (AvgIpc) is 2.87. The molecule has 2 aromatic rings. The van der Waals surface area contributed by atoms with Crippen LogP contribution in [0.15, 0.2) is 12.4 Å². The number of nitrogens with one attached hydrogen (secondary N) is 1. The van der Waals surface area contributed by atoms with Gasteiger partial charge in [0, 0.05) is 13.2 Å². The van der Waals surface area contributed by atoms with Gasteiger partial charge in [-0.05, 0) is 6.42 Å². The van der Waals surface area contributed by atoms with Gasteiger partial charge in [0.25, 0.3) is 0 Å². The zero-order valence-electron chi connectivity index (χ0n) is 11.9. The number of hydrogen-bond acceptors (Lipinski definition) is 6. The van der Waals surface area contributed by atoms with Gasteiger partial charge in [0.15, 0.2) is 5.65 Å². The van der Waals surface area contributed by atoms with E-state index in [0.29, 0.717) is 23.1 Å². The number of aliphatic hydroxyl groups is 2. The number of aryl methyl sites for hydroxylation is 1. The van der Waals surface area contributed by atoms with Gasteiger partial charge in [0.1, 0.15) is 5.56 Å². The van der Waals surface area contributed by atoms with Crippen LogP contribution in [-0.4, -0.2) is 54.8 Å². The fourth-order valence-corrected chi connectivity index (χ4v) is 2.10. The van der Waals surface area contributed by atoms with Gasteiger partial charge in [-0.25, -0.2) is 9.78 Å². The number of carbonyl (C=O) groups is 1. The first-order valence-electron chi connectivity index (χ1n) is 6.52. The number of anilines is 1. The lowest BCUT2D eigenvalue weighted by molar-refractivity contribution is 0.0696. The topological polar surface area (TPSA) is 120 Å². The first-order valence-corrected chi connectivity index (χ1v) is 6.52. The second kappa shape index (κ2) is 5.66. The summed E-state index contributed by atoms with van der Waals surface area (Å²) in [4.78, 5) is 15.5. The molecule has 8 nitrogen and oxygen atoms in total. The summed E-state index contributed by atoms with van der Waals surface area (Å²) in [6.07, 6.45) is 3.17. The van der Waals surface area contributed by atoms with Crippen molar-refractivity contribution in [3.63, 3.8) is 0 Å². The van der Waals surface area contributed by atoms with Crippen molar-refractivity contribution >= 4 is 22.7 Å². The van der Waals surface area contributed by atoms with Crippen LogP contribution in [0.3, 0.4) is 0 Å². The summed E-state index contributed by atoms with van der Waals surface area (Å²) in [6.45, 7) is 1.13. The lowest BCUT2D eigenvalue weighted by Crippen LogP contribution is -2.45. The standard InChI is InChI=1S/C13H18N4O4/c1-3-13(6-18,7-19)16-10-8-5-15-17(2)11(8)14-4-9(10)12(20)21/h4-5,18-19H,3,6-7H2,1-2H3,(H,14,16)(H,20,21). The highest BCUT2D eigenvalue weighted by atomic mass is 16.4. The Bertz CT molecular complexity index is 655. The van der Waals surface area contributed by atoms with Crippen LogP contribution in [-0.2, 0) is 7.05 Å². The summed E-state index contributed by atoms with van der Waals surface area (Å²) in [6, 6.07) is 0. The maximum absolute atomic E-state index is 11.4. The first kappa shape index (κ1) is 15.2. The van der Waals surface area contributed by atoms with Gasteiger partial charge in [-0.1, -0.05) is 6.92 Å². The molecule has 0 saturated heterocycles. The van der Waals surface area contributed by atoms with E-state index in [0.717, 1.165) is 0 Å². The molecule has 0 spiro atoms. The molecule has 0 aliphatic carbocycles. The van der Waals surface area contributed by atoms with Crippen molar-refractivity contribution in [2.45, 2.75) is 18.9 Å². The Morgan fingerprint density at radius 3 is 2.57 bits per heavy atom. The lowest BCUT2D eigenvalue weighted by Gasteiger charge is -2.31. The molecule has 0 fully saturated rings. The van der Waals surface area contributed by atoms with Crippen molar-refractivity contribution in [2.24, 2.45) is 7.05 Å². The van der Waals surface area contributed by atoms with E-state index in [2.05, 4.69) is 15.4 Å². The predicted molar refractivity (Wildman–Crippen MR) is 76.3 cm³/mol. The zero-order chi connectivity index (χ0) is 15.6. The monoisotopic (exact) mass is 294 g/mol. The Labute approximate surface area is 121 Å². The number of hydrogen-bond donors (Lipinski definition) is 4. The number of fused-ring (bicyclic) bond motifs is 1. The third kappa shape index (κ3) is 2.55. The van der Waals surface area contributed by atoms with Crippen LogP contribution < -0.4 is 5.32 Å². The normalized spacial score (nSPS) is 11.8. The highest BCUT2D eigenvalue weighted by Crippen LogP contribution is 2.29. The molecule has 0 atom stereocenters. The highest BCUT2D eigenvalue weighted by Gasteiger charge is 2.29. The van der Waals surface area contributed by atoms with E-state index in [1.54, 1.807) is 14.0 Å². The zero-order valence-corrected chi connectivity index (χ0v) is 11.9. The van der Waals surface area contributed by atoms with Gasteiger partial charge in [-0.15, -0.1) is 0 Å². The molecule has 8 heteroatoms. The molecule has 2 heterocycles. The van der Waals surface area contributed by atoms with E-state index in [4.69, 9.17) is 0 Å². The first-order chi connectivity index (χ1) is 9.98. The summed E-state index contributed by atoms with van der Waals surface area (Å²) in [7, 11) is 1.70. The molecule has 0 saturated carbocycles. The van der Waals surface area contributed by atoms with Crippen molar-refractivity contribution in [1.82, 2.24) is 14.8 Å². The van der Waals surface area contributed by atoms with Gasteiger partial charge < -0.3 is 20.6 Å². The molecule has 0 bridgehead atoms. The van der Waals surface area contributed by atoms with E-state index in [9.17, 15) is 20.1 Å². The van der Waals surface area contributed by atoms with Crippen molar-refractivity contribution in [3.8, 4) is 0 Å². The minimum Gasteiger partial charge on any atom is -0.478 e. The molecule has 21 heavy (non-hydrogen) atoms. The van der Waals surface area contributed by atoms with E-state index in [1.807, 2.05) is 0 Å². The Morgan fingerprint density at radius 2 is 2.05 bits per heavy atom. The van der Waals surface area contributed by atoms with Gasteiger partial charge >= 0.3 is 5.97 Å². The third-order valence-corrected chi connectivity index (χ3v) is 3.66. The maximum Gasteiger partial charge on any atom is 0.339 e. The minimum absolute atomic E-state index is 0.0322. The summed E-state index contributed by atoms with van der Waals surface area (Å²) in [5, 5.41) is 36.0. The summed E-state index contributed by atoms with van der Waals surface area (Å²) in [5.74, 6) is -1.14. The van der Waals surface area contributed by atoms with Crippen LogP contribution in [0.5, 0.6) is 0 Å². The molecule has 4 N–H and O–H groups in total. The fourth-order valence-electron chi connectivity index (χ4n) is 2.10. The number of carboxylic acid groups (broad SMARTS) is 1. The van der Waals surface area contributed by atoms with E-state index in [1.165, 1.54) is 17.1 Å². The van der Waals surface area contributed by atoms with E-state index in [-0.39, 0.29) is 18.8 Å². The second-order valence-corrected chi connectivity index (χ2v) is 4.93. The molecular weight excluding hydrogens is 276 g/mol. The Kier molecular flexibility index (Phi) is 4.10. The minimum atomic E-state index is -1.14. The Balaban J connectivity index is 2.64. The molecule has 2 aromatic heterocycles. The Hall–Kier alpha value is -2.19. The molecule has 0 amide bonds. The number of aliphatic hydroxyl groups excluding tert-OH is 2. The quantitative estimate of drug-likeness (QED) is 0.601. The number of carboxylic acids is 1. The molecular formula is C13H18N4O4. The number of aromatic carboxylic acids is 1. The van der Waals surface area contributed by atoms with Crippen molar-refractivity contribution in [1.29, 1.82) is 0 Å². The molecule has 0 aromatic carbocycles. The summed E-state index contributed by atoms with van der Waals surface area (Å²) in [5.41, 5.74) is -0.224. The number of rotatable bonds is 6.